The number of nitriles is 1. The zero-order chi connectivity index (χ0) is 16.4. The number of rotatable bonds is 3. The van der Waals surface area contributed by atoms with Crippen molar-refractivity contribution in [3.63, 3.8) is 0 Å². The Morgan fingerprint density at radius 3 is 2.50 bits per heavy atom. The lowest BCUT2D eigenvalue weighted by Crippen LogP contribution is -2.19. The van der Waals surface area contributed by atoms with Gasteiger partial charge >= 0.3 is 0 Å². The molecule has 0 N–H and O–H groups in total. The number of benzene rings is 1. The summed E-state index contributed by atoms with van der Waals surface area (Å²) in [6, 6.07) is 18.7. The molecule has 0 unspecified atom stereocenters. The van der Waals surface area contributed by atoms with Gasteiger partial charge in [-0.25, -0.2) is 4.98 Å². The molecule has 0 amide bonds. The maximum atomic E-state index is 9.81. The number of hydrogen-bond donors (Lipinski definition) is 0. The molecule has 3 aromatic rings. The van der Waals surface area contributed by atoms with Gasteiger partial charge in [-0.2, -0.15) is 5.26 Å². The fraction of sp³-hybridized carbons (Fsp3) is 0.200. The molecule has 0 bridgehead atoms. The molecular weight excluding hydrogens is 314 g/mol. The van der Waals surface area contributed by atoms with Crippen LogP contribution < -0.4 is 4.90 Å². The minimum Gasteiger partial charge on any atom is -0.370 e. The van der Waals surface area contributed by atoms with Crippen LogP contribution in [0.2, 0.25) is 0 Å². The highest BCUT2D eigenvalue weighted by Crippen LogP contribution is 2.36. The Hall–Kier alpha value is -2.64. The van der Waals surface area contributed by atoms with E-state index in [1.807, 2.05) is 35.7 Å². The van der Waals surface area contributed by atoms with E-state index in [4.69, 9.17) is 4.98 Å². The summed E-state index contributed by atoms with van der Waals surface area (Å²) in [5.74, 6) is 0. The van der Waals surface area contributed by atoms with Gasteiger partial charge in [-0.3, -0.25) is 0 Å². The molecule has 118 valence electrons. The Labute approximate surface area is 145 Å². The summed E-state index contributed by atoms with van der Waals surface area (Å²) in [5, 5.41) is 11.8. The van der Waals surface area contributed by atoms with Gasteiger partial charge in [0.1, 0.15) is 17.3 Å². The second-order valence-corrected chi connectivity index (χ2v) is 6.85. The van der Waals surface area contributed by atoms with Crippen LogP contribution in [-0.4, -0.2) is 18.1 Å². The molecule has 1 aliphatic heterocycles. The molecule has 3 nitrogen and oxygen atoms in total. The van der Waals surface area contributed by atoms with E-state index >= 15 is 0 Å². The van der Waals surface area contributed by atoms with Crippen LogP contribution in [0.4, 0.5) is 5.69 Å². The van der Waals surface area contributed by atoms with Crippen LogP contribution in [0, 0.1) is 11.3 Å². The van der Waals surface area contributed by atoms with E-state index in [-0.39, 0.29) is 0 Å². The normalized spacial score (nSPS) is 13.9. The number of aromatic nitrogens is 1. The molecule has 0 saturated carbocycles. The first-order valence-electron chi connectivity index (χ1n) is 8.16. The minimum absolute atomic E-state index is 0.694. The largest absolute Gasteiger partial charge is 0.370 e. The van der Waals surface area contributed by atoms with Crippen molar-refractivity contribution in [2.75, 3.05) is 18.0 Å². The van der Waals surface area contributed by atoms with Crippen LogP contribution in [0.15, 0.2) is 53.9 Å². The molecule has 4 rings (SSSR count). The third-order valence-corrected chi connectivity index (χ3v) is 5.26. The van der Waals surface area contributed by atoms with E-state index in [2.05, 4.69) is 29.2 Å². The van der Waals surface area contributed by atoms with E-state index in [0.29, 0.717) is 5.56 Å². The van der Waals surface area contributed by atoms with E-state index in [1.54, 1.807) is 11.3 Å². The molecule has 24 heavy (non-hydrogen) atoms. The summed E-state index contributed by atoms with van der Waals surface area (Å²) in [6.07, 6.45) is 2.37. The van der Waals surface area contributed by atoms with Gasteiger partial charge in [-0.05, 0) is 30.4 Å². The number of anilines is 1. The van der Waals surface area contributed by atoms with Crippen molar-refractivity contribution in [1.29, 1.82) is 5.26 Å². The van der Waals surface area contributed by atoms with Crippen molar-refractivity contribution in [2.24, 2.45) is 0 Å². The number of nitrogens with zero attached hydrogens (tertiary/aromatic N) is 3. The van der Waals surface area contributed by atoms with Gasteiger partial charge in [-0.1, -0.05) is 36.4 Å². The minimum atomic E-state index is 0.694. The summed E-state index contributed by atoms with van der Waals surface area (Å²) in [4.78, 5) is 8.22. The Morgan fingerprint density at radius 2 is 1.83 bits per heavy atom. The van der Waals surface area contributed by atoms with Crippen molar-refractivity contribution in [2.45, 2.75) is 12.8 Å². The molecule has 0 radical (unpaired) electrons. The number of pyridine rings is 1. The van der Waals surface area contributed by atoms with Gasteiger partial charge in [0.15, 0.2) is 0 Å². The van der Waals surface area contributed by atoms with Gasteiger partial charge in [0.05, 0.1) is 16.3 Å². The van der Waals surface area contributed by atoms with Gasteiger partial charge in [0, 0.05) is 18.7 Å². The third kappa shape index (κ3) is 2.68. The average molecular weight is 331 g/mol. The average Bonchev–Trinajstić information content (AvgIpc) is 3.35. The first-order chi connectivity index (χ1) is 11.9. The van der Waals surface area contributed by atoms with Crippen molar-refractivity contribution in [1.82, 2.24) is 4.98 Å². The lowest BCUT2D eigenvalue weighted by molar-refractivity contribution is 0.949. The molecule has 0 aliphatic carbocycles. The molecule has 3 heterocycles. The second-order valence-electron chi connectivity index (χ2n) is 5.90. The van der Waals surface area contributed by atoms with Crippen LogP contribution in [-0.2, 0) is 0 Å². The Kier molecular flexibility index (Phi) is 4.02. The van der Waals surface area contributed by atoms with E-state index in [1.165, 1.54) is 12.8 Å². The first-order valence-corrected chi connectivity index (χ1v) is 9.04. The fourth-order valence-corrected chi connectivity index (χ4v) is 3.92. The van der Waals surface area contributed by atoms with E-state index < -0.39 is 0 Å². The van der Waals surface area contributed by atoms with Crippen molar-refractivity contribution < 1.29 is 0 Å². The predicted molar refractivity (Wildman–Crippen MR) is 99.1 cm³/mol. The Morgan fingerprint density at radius 1 is 1.04 bits per heavy atom. The van der Waals surface area contributed by atoms with E-state index in [9.17, 15) is 5.26 Å². The lowest BCUT2D eigenvalue weighted by atomic mass is 10.0. The van der Waals surface area contributed by atoms with Crippen molar-refractivity contribution in [3.05, 3.63) is 59.5 Å². The Bertz CT molecular complexity index is 873. The molecule has 1 saturated heterocycles. The molecule has 4 heteroatoms. The maximum Gasteiger partial charge on any atom is 0.104 e. The first kappa shape index (κ1) is 14.9. The van der Waals surface area contributed by atoms with Crippen LogP contribution in [0.3, 0.4) is 0 Å². The molecule has 0 spiro atoms. The summed E-state index contributed by atoms with van der Waals surface area (Å²) < 4.78 is 0. The zero-order valence-electron chi connectivity index (χ0n) is 13.3. The summed E-state index contributed by atoms with van der Waals surface area (Å²) in [6.45, 7) is 2.02. The topological polar surface area (TPSA) is 39.9 Å². The van der Waals surface area contributed by atoms with Gasteiger partial charge in [0.2, 0.25) is 0 Å². The molecule has 2 aromatic heterocycles. The number of hydrogen-bond acceptors (Lipinski definition) is 4. The summed E-state index contributed by atoms with van der Waals surface area (Å²) in [5.41, 5.74) is 4.53. The smallest absolute Gasteiger partial charge is 0.104 e. The number of thiophene rings is 1. The summed E-state index contributed by atoms with van der Waals surface area (Å²) >= 11 is 1.63. The zero-order valence-corrected chi connectivity index (χ0v) is 14.1. The van der Waals surface area contributed by atoms with Crippen LogP contribution in [0.25, 0.3) is 21.8 Å². The highest BCUT2D eigenvalue weighted by molar-refractivity contribution is 7.13. The molecule has 1 aromatic carbocycles. The molecule has 0 atom stereocenters. The van der Waals surface area contributed by atoms with Crippen LogP contribution in [0.1, 0.15) is 18.4 Å². The van der Waals surface area contributed by atoms with Gasteiger partial charge in [-0.15, -0.1) is 11.3 Å². The quantitative estimate of drug-likeness (QED) is 0.682. The monoisotopic (exact) mass is 331 g/mol. The highest BCUT2D eigenvalue weighted by Gasteiger charge is 2.22. The second kappa shape index (κ2) is 6.46. The van der Waals surface area contributed by atoms with Crippen LogP contribution >= 0.6 is 11.3 Å². The maximum absolute atomic E-state index is 9.81. The van der Waals surface area contributed by atoms with Crippen LogP contribution in [0.5, 0.6) is 0 Å². The SMILES string of the molecule is N#Cc1c(N2CCCC2)cc(-c2ccccc2)nc1-c1cccs1. The van der Waals surface area contributed by atoms with E-state index in [0.717, 1.165) is 40.6 Å². The third-order valence-electron chi connectivity index (χ3n) is 4.38. The molecular formula is C20H17N3S. The fourth-order valence-electron chi connectivity index (χ4n) is 3.20. The standard InChI is InChI=1S/C20H17N3S/c21-14-16-18(23-10-4-5-11-23)13-17(15-7-2-1-3-8-15)22-20(16)19-9-6-12-24-19/h1-3,6-9,12-13H,4-5,10-11H2. The van der Waals surface area contributed by atoms with Gasteiger partial charge < -0.3 is 4.90 Å². The van der Waals surface area contributed by atoms with Gasteiger partial charge in [0.25, 0.3) is 0 Å². The summed E-state index contributed by atoms with van der Waals surface area (Å²) in [7, 11) is 0. The van der Waals surface area contributed by atoms with Crippen molar-refractivity contribution in [3.8, 4) is 27.9 Å². The lowest BCUT2D eigenvalue weighted by Gasteiger charge is -2.21. The molecule has 1 aliphatic rings. The van der Waals surface area contributed by atoms with Crippen molar-refractivity contribution >= 4 is 17.0 Å². The highest BCUT2D eigenvalue weighted by atomic mass is 32.1. The Balaban J connectivity index is 1.95. The predicted octanol–water partition coefficient (Wildman–Crippen LogP) is 4.95. The molecule has 1 fully saturated rings.